The van der Waals surface area contributed by atoms with Gasteiger partial charge in [-0.25, -0.2) is 0 Å². The van der Waals surface area contributed by atoms with E-state index < -0.39 is 0 Å². The smallest absolute Gasteiger partial charge is 0.0591 e. The van der Waals surface area contributed by atoms with Crippen molar-refractivity contribution < 1.29 is 9.47 Å². The van der Waals surface area contributed by atoms with Gasteiger partial charge in [-0.05, 0) is 31.7 Å². The molecule has 0 saturated carbocycles. The molecule has 1 aliphatic rings. The molecule has 1 fully saturated rings. The van der Waals surface area contributed by atoms with Crippen molar-refractivity contribution in [3.8, 4) is 0 Å². The minimum atomic E-state index is 0.730. The summed E-state index contributed by atoms with van der Waals surface area (Å²) in [6.45, 7) is 7.99. The molecule has 102 valence electrons. The van der Waals surface area contributed by atoms with Crippen molar-refractivity contribution in [2.24, 2.45) is 5.92 Å². The summed E-state index contributed by atoms with van der Waals surface area (Å²) in [5.41, 5.74) is 0. The van der Waals surface area contributed by atoms with Gasteiger partial charge in [-0.1, -0.05) is 26.2 Å². The summed E-state index contributed by atoms with van der Waals surface area (Å²) < 4.78 is 11.0. The topological polar surface area (TPSA) is 30.5 Å². The van der Waals surface area contributed by atoms with Crippen LogP contribution >= 0.6 is 0 Å². The second-order valence-electron chi connectivity index (χ2n) is 4.94. The highest BCUT2D eigenvalue weighted by Crippen LogP contribution is 2.14. The van der Waals surface area contributed by atoms with Crippen LogP contribution in [-0.2, 0) is 9.47 Å². The van der Waals surface area contributed by atoms with Crippen LogP contribution in [0.2, 0.25) is 0 Å². The number of rotatable bonds is 10. The summed E-state index contributed by atoms with van der Waals surface area (Å²) in [7, 11) is 0. The van der Waals surface area contributed by atoms with E-state index in [4.69, 9.17) is 9.47 Å². The SMILES string of the molecule is CCCCCCNCCOCC1CCOCC1. The van der Waals surface area contributed by atoms with E-state index in [1.807, 2.05) is 0 Å². The molecule has 3 heteroatoms. The zero-order valence-corrected chi connectivity index (χ0v) is 11.4. The lowest BCUT2D eigenvalue weighted by atomic mass is 10.0. The lowest BCUT2D eigenvalue weighted by Crippen LogP contribution is -2.24. The Kier molecular flexibility index (Phi) is 9.66. The Balaban J connectivity index is 1.75. The third kappa shape index (κ3) is 8.58. The van der Waals surface area contributed by atoms with Gasteiger partial charge < -0.3 is 14.8 Å². The van der Waals surface area contributed by atoms with Crippen LogP contribution in [0.1, 0.15) is 45.4 Å². The zero-order valence-electron chi connectivity index (χ0n) is 11.4. The molecule has 0 amide bonds. The van der Waals surface area contributed by atoms with Gasteiger partial charge in [0.1, 0.15) is 0 Å². The molecule has 1 aliphatic heterocycles. The quantitative estimate of drug-likeness (QED) is 0.598. The van der Waals surface area contributed by atoms with Crippen LogP contribution in [0.15, 0.2) is 0 Å². The van der Waals surface area contributed by atoms with Gasteiger partial charge in [-0.2, -0.15) is 0 Å². The van der Waals surface area contributed by atoms with Crippen LogP contribution in [0.5, 0.6) is 0 Å². The van der Waals surface area contributed by atoms with Crippen LogP contribution in [0.4, 0.5) is 0 Å². The predicted molar refractivity (Wildman–Crippen MR) is 71.4 cm³/mol. The van der Waals surface area contributed by atoms with Crippen molar-refractivity contribution in [1.82, 2.24) is 5.32 Å². The average Bonchev–Trinajstić information content (AvgIpc) is 2.38. The van der Waals surface area contributed by atoms with Crippen LogP contribution in [0, 0.1) is 5.92 Å². The minimum absolute atomic E-state index is 0.730. The molecule has 0 aromatic heterocycles. The molecule has 0 spiro atoms. The highest BCUT2D eigenvalue weighted by Gasteiger charge is 2.13. The van der Waals surface area contributed by atoms with Gasteiger partial charge in [0.05, 0.1) is 6.61 Å². The molecule has 17 heavy (non-hydrogen) atoms. The van der Waals surface area contributed by atoms with Crippen LogP contribution in [0.3, 0.4) is 0 Å². The van der Waals surface area contributed by atoms with Crippen LogP contribution in [-0.4, -0.2) is 39.5 Å². The zero-order chi connectivity index (χ0) is 12.2. The average molecular weight is 243 g/mol. The minimum Gasteiger partial charge on any atom is -0.381 e. The first-order valence-electron chi connectivity index (χ1n) is 7.29. The van der Waals surface area contributed by atoms with Gasteiger partial charge in [0.15, 0.2) is 0 Å². The summed E-state index contributed by atoms with van der Waals surface area (Å²) in [6, 6.07) is 0. The third-order valence-electron chi connectivity index (χ3n) is 3.32. The monoisotopic (exact) mass is 243 g/mol. The molecule has 1 heterocycles. The molecule has 0 aliphatic carbocycles. The van der Waals surface area contributed by atoms with E-state index in [1.54, 1.807) is 0 Å². The number of ether oxygens (including phenoxy) is 2. The van der Waals surface area contributed by atoms with Gasteiger partial charge in [0.25, 0.3) is 0 Å². The van der Waals surface area contributed by atoms with Crippen molar-refractivity contribution in [3.63, 3.8) is 0 Å². The van der Waals surface area contributed by atoms with Gasteiger partial charge in [0.2, 0.25) is 0 Å². The molecular weight excluding hydrogens is 214 g/mol. The normalized spacial score (nSPS) is 17.5. The van der Waals surface area contributed by atoms with Gasteiger partial charge in [0, 0.05) is 26.4 Å². The third-order valence-corrected chi connectivity index (χ3v) is 3.32. The molecule has 3 nitrogen and oxygen atoms in total. The fourth-order valence-electron chi connectivity index (χ4n) is 2.11. The van der Waals surface area contributed by atoms with Crippen molar-refractivity contribution in [2.75, 3.05) is 39.5 Å². The molecular formula is C14H29NO2. The second-order valence-corrected chi connectivity index (χ2v) is 4.94. The second kappa shape index (κ2) is 11.0. The van der Waals surface area contributed by atoms with Gasteiger partial charge >= 0.3 is 0 Å². The Labute approximate surface area is 106 Å². The largest absolute Gasteiger partial charge is 0.381 e. The lowest BCUT2D eigenvalue weighted by Gasteiger charge is -2.21. The summed E-state index contributed by atoms with van der Waals surface area (Å²) in [5.74, 6) is 0.730. The summed E-state index contributed by atoms with van der Waals surface area (Å²) in [6.07, 6.45) is 7.67. The predicted octanol–water partition coefficient (Wildman–Crippen LogP) is 2.60. The van der Waals surface area contributed by atoms with E-state index in [2.05, 4.69) is 12.2 Å². The Morgan fingerprint density at radius 1 is 1.12 bits per heavy atom. The Morgan fingerprint density at radius 2 is 1.94 bits per heavy atom. The highest BCUT2D eigenvalue weighted by molar-refractivity contribution is 4.62. The number of hydrogen-bond donors (Lipinski definition) is 1. The maximum Gasteiger partial charge on any atom is 0.0591 e. The summed E-state index contributed by atoms with van der Waals surface area (Å²) in [5, 5.41) is 3.43. The molecule has 0 atom stereocenters. The van der Waals surface area contributed by atoms with Gasteiger partial charge in [-0.3, -0.25) is 0 Å². The van der Waals surface area contributed by atoms with E-state index in [1.165, 1.54) is 38.5 Å². The van der Waals surface area contributed by atoms with Crippen LogP contribution < -0.4 is 5.32 Å². The molecule has 0 aromatic carbocycles. The summed E-state index contributed by atoms with van der Waals surface area (Å²) in [4.78, 5) is 0. The molecule has 0 radical (unpaired) electrons. The van der Waals surface area contributed by atoms with E-state index in [0.29, 0.717) is 0 Å². The maximum atomic E-state index is 5.68. The van der Waals surface area contributed by atoms with E-state index in [-0.39, 0.29) is 0 Å². The standard InChI is InChI=1S/C14H29NO2/c1-2-3-4-5-8-15-9-12-17-13-14-6-10-16-11-7-14/h14-15H,2-13H2,1H3. The highest BCUT2D eigenvalue weighted by atomic mass is 16.5. The van der Waals surface area contributed by atoms with Crippen molar-refractivity contribution in [3.05, 3.63) is 0 Å². The molecule has 1 saturated heterocycles. The summed E-state index contributed by atoms with van der Waals surface area (Å²) >= 11 is 0. The Bertz CT molecular complexity index is 158. The van der Waals surface area contributed by atoms with Crippen LogP contribution in [0.25, 0.3) is 0 Å². The first-order chi connectivity index (χ1) is 8.43. The van der Waals surface area contributed by atoms with Gasteiger partial charge in [-0.15, -0.1) is 0 Å². The molecule has 1 N–H and O–H groups in total. The van der Waals surface area contributed by atoms with E-state index in [0.717, 1.165) is 45.4 Å². The first kappa shape index (κ1) is 14.9. The van der Waals surface area contributed by atoms with Crippen molar-refractivity contribution >= 4 is 0 Å². The molecule has 0 aromatic rings. The maximum absolute atomic E-state index is 5.68. The Hall–Kier alpha value is -0.120. The number of unbranched alkanes of at least 4 members (excludes halogenated alkanes) is 3. The Morgan fingerprint density at radius 3 is 2.71 bits per heavy atom. The van der Waals surface area contributed by atoms with Crippen molar-refractivity contribution in [1.29, 1.82) is 0 Å². The number of nitrogens with one attached hydrogen (secondary N) is 1. The lowest BCUT2D eigenvalue weighted by molar-refractivity contribution is 0.0214. The van der Waals surface area contributed by atoms with E-state index in [9.17, 15) is 0 Å². The first-order valence-corrected chi connectivity index (χ1v) is 7.29. The number of hydrogen-bond acceptors (Lipinski definition) is 3. The molecule has 0 unspecified atom stereocenters. The molecule has 0 bridgehead atoms. The van der Waals surface area contributed by atoms with Crippen molar-refractivity contribution in [2.45, 2.75) is 45.4 Å². The molecule has 1 rings (SSSR count). The fraction of sp³-hybridized carbons (Fsp3) is 1.00. The fourth-order valence-corrected chi connectivity index (χ4v) is 2.11. The van der Waals surface area contributed by atoms with E-state index >= 15 is 0 Å².